The van der Waals surface area contributed by atoms with Crippen LogP contribution in [0, 0.1) is 6.92 Å². The molecule has 2 aliphatic rings. The smallest absolute Gasteiger partial charge is 0.225 e. The number of H-pyrrole nitrogens is 1. The zero-order chi connectivity index (χ0) is 17.2. The van der Waals surface area contributed by atoms with Gasteiger partial charge in [-0.1, -0.05) is 18.2 Å². The van der Waals surface area contributed by atoms with Crippen LogP contribution < -0.4 is 4.90 Å². The molecule has 0 saturated carbocycles. The molecule has 2 aromatic rings. The maximum atomic E-state index is 12.9. The molecule has 1 N–H and O–H groups in total. The molecule has 1 aromatic carbocycles. The first kappa shape index (κ1) is 16.1. The number of hydrogen-bond donors (Lipinski definition) is 1. The van der Waals surface area contributed by atoms with E-state index < -0.39 is 0 Å². The number of aromatic nitrogens is 2. The van der Waals surface area contributed by atoms with Crippen molar-refractivity contribution in [2.24, 2.45) is 0 Å². The van der Waals surface area contributed by atoms with Gasteiger partial charge in [-0.25, -0.2) is 4.98 Å². The number of nitrogens with one attached hydrogen (secondary N) is 1. The number of hydrogen-bond acceptors (Lipinski definition) is 4. The Kier molecular flexibility index (Phi) is 4.44. The van der Waals surface area contributed by atoms with Crippen molar-refractivity contribution >= 4 is 11.6 Å². The number of benzene rings is 1. The van der Waals surface area contributed by atoms with Crippen LogP contribution in [0.1, 0.15) is 29.5 Å². The molecular formula is C19H24N4O2. The molecule has 0 radical (unpaired) electrons. The van der Waals surface area contributed by atoms with Crippen LogP contribution in [0.25, 0.3) is 0 Å². The van der Waals surface area contributed by atoms with Crippen LogP contribution in [-0.4, -0.2) is 53.6 Å². The molecule has 3 heterocycles. The Morgan fingerprint density at radius 1 is 1.36 bits per heavy atom. The molecule has 132 valence electrons. The van der Waals surface area contributed by atoms with E-state index in [1.165, 1.54) is 11.3 Å². The average Bonchev–Trinajstić information content (AvgIpc) is 3.26. The van der Waals surface area contributed by atoms with Crippen LogP contribution in [0.15, 0.2) is 30.5 Å². The zero-order valence-electron chi connectivity index (χ0n) is 14.6. The number of rotatable bonds is 4. The fourth-order valence-corrected chi connectivity index (χ4v) is 3.74. The van der Waals surface area contributed by atoms with Gasteiger partial charge in [0.1, 0.15) is 11.9 Å². The highest BCUT2D eigenvalue weighted by Crippen LogP contribution is 2.28. The Labute approximate surface area is 147 Å². The molecule has 4 rings (SSSR count). The van der Waals surface area contributed by atoms with Crippen LogP contribution in [0.5, 0.6) is 0 Å². The molecule has 1 unspecified atom stereocenters. The molecule has 6 heteroatoms. The number of morpholine rings is 1. The molecule has 1 amide bonds. The highest BCUT2D eigenvalue weighted by molar-refractivity contribution is 5.77. The molecule has 0 spiro atoms. The summed E-state index contributed by atoms with van der Waals surface area (Å²) < 4.78 is 5.59. The van der Waals surface area contributed by atoms with Crippen molar-refractivity contribution in [1.82, 2.24) is 14.9 Å². The molecule has 2 aliphatic heterocycles. The van der Waals surface area contributed by atoms with Crippen molar-refractivity contribution in [3.05, 3.63) is 47.5 Å². The minimum atomic E-state index is -0.110. The second kappa shape index (κ2) is 6.88. The summed E-state index contributed by atoms with van der Waals surface area (Å²) in [6.45, 7) is 5.45. The van der Waals surface area contributed by atoms with Crippen molar-refractivity contribution in [1.29, 1.82) is 0 Å². The van der Waals surface area contributed by atoms with Crippen molar-refractivity contribution in [3.63, 3.8) is 0 Å². The highest BCUT2D eigenvalue weighted by atomic mass is 16.5. The Hall–Kier alpha value is -2.34. The van der Waals surface area contributed by atoms with E-state index in [-0.39, 0.29) is 11.9 Å². The van der Waals surface area contributed by atoms with E-state index in [4.69, 9.17) is 4.74 Å². The topological polar surface area (TPSA) is 61.5 Å². The first-order chi connectivity index (χ1) is 12.2. The number of para-hydroxylation sites is 1. The van der Waals surface area contributed by atoms with Gasteiger partial charge in [-0.05, 0) is 25.0 Å². The van der Waals surface area contributed by atoms with Crippen LogP contribution in [0.3, 0.4) is 0 Å². The Morgan fingerprint density at radius 2 is 2.24 bits per heavy atom. The monoisotopic (exact) mass is 340 g/mol. The highest BCUT2D eigenvalue weighted by Gasteiger charge is 2.31. The number of anilines is 1. The van der Waals surface area contributed by atoms with Gasteiger partial charge in [0.2, 0.25) is 5.91 Å². The third-order valence-electron chi connectivity index (χ3n) is 5.07. The van der Waals surface area contributed by atoms with Crippen molar-refractivity contribution in [2.45, 2.75) is 25.8 Å². The number of aromatic amines is 1. The average molecular weight is 340 g/mol. The van der Waals surface area contributed by atoms with Gasteiger partial charge in [-0.3, -0.25) is 4.79 Å². The molecule has 1 aromatic heterocycles. The lowest BCUT2D eigenvalue weighted by Gasteiger charge is -2.35. The fraction of sp³-hybridized carbons (Fsp3) is 0.474. The number of imidazole rings is 1. The summed E-state index contributed by atoms with van der Waals surface area (Å²) >= 11 is 0. The lowest BCUT2D eigenvalue weighted by atomic mass is 10.1. The van der Waals surface area contributed by atoms with E-state index in [9.17, 15) is 4.79 Å². The summed E-state index contributed by atoms with van der Waals surface area (Å²) in [4.78, 5) is 24.7. The number of aryl methyl sites for hydroxylation is 1. The number of nitrogens with zero attached hydrogens (tertiary/aromatic N) is 3. The number of carbonyl (C=O) groups is 1. The van der Waals surface area contributed by atoms with E-state index >= 15 is 0 Å². The van der Waals surface area contributed by atoms with Gasteiger partial charge >= 0.3 is 0 Å². The predicted molar refractivity (Wildman–Crippen MR) is 95.6 cm³/mol. The standard InChI is InChI=1S/C19H24N4O2/c1-14-12-20-19(21-14)17-13-25-11-10-23(17)18(24)7-9-22-8-6-15-4-2-3-5-16(15)22/h2-5,12,17H,6-11,13H2,1H3,(H,20,21). The number of carbonyl (C=O) groups excluding carboxylic acids is 1. The predicted octanol–water partition coefficient (Wildman–Crippen LogP) is 2.07. The van der Waals surface area contributed by atoms with E-state index in [2.05, 4.69) is 39.1 Å². The lowest BCUT2D eigenvalue weighted by Crippen LogP contribution is -2.44. The Balaban J connectivity index is 1.41. The first-order valence-electron chi connectivity index (χ1n) is 8.94. The number of fused-ring (bicyclic) bond motifs is 1. The van der Waals surface area contributed by atoms with Crippen molar-refractivity contribution < 1.29 is 9.53 Å². The summed E-state index contributed by atoms with van der Waals surface area (Å²) in [5, 5.41) is 0. The fourth-order valence-electron chi connectivity index (χ4n) is 3.74. The number of ether oxygens (including phenoxy) is 1. The third kappa shape index (κ3) is 3.26. The summed E-state index contributed by atoms with van der Waals surface area (Å²) in [7, 11) is 0. The largest absolute Gasteiger partial charge is 0.377 e. The molecule has 6 nitrogen and oxygen atoms in total. The zero-order valence-corrected chi connectivity index (χ0v) is 14.6. The normalized spacial score (nSPS) is 20.0. The maximum Gasteiger partial charge on any atom is 0.225 e. The van der Waals surface area contributed by atoms with Crippen LogP contribution in [0.4, 0.5) is 5.69 Å². The second-order valence-electron chi connectivity index (χ2n) is 6.75. The summed E-state index contributed by atoms with van der Waals surface area (Å²) in [6, 6.07) is 8.36. The Morgan fingerprint density at radius 3 is 3.08 bits per heavy atom. The van der Waals surface area contributed by atoms with Gasteiger partial charge in [0.05, 0.1) is 13.2 Å². The maximum absolute atomic E-state index is 12.9. The quantitative estimate of drug-likeness (QED) is 0.926. The van der Waals surface area contributed by atoms with E-state index in [0.29, 0.717) is 26.2 Å². The molecule has 0 aliphatic carbocycles. The van der Waals surface area contributed by atoms with Crippen LogP contribution in [-0.2, 0) is 16.0 Å². The van der Waals surface area contributed by atoms with Crippen LogP contribution in [0.2, 0.25) is 0 Å². The summed E-state index contributed by atoms with van der Waals surface area (Å²) in [6.07, 6.45) is 3.38. The van der Waals surface area contributed by atoms with Gasteiger partial charge in [0, 0.05) is 43.6 Å². The molecule has 0 bridgehead atoms. The van der Waals surface area contributed by atoms with Crippen LogP contribution >= 0.6 is 0 Å². The number of amides is 1. The SMILES string of the molecule is Cc1cnc(C2COCCN2C(=O)CCN2CCc3ccccc32)[nH]1. The second-order valence-corrected chi connectivity index (χ2v) is 6.75. The molecule has 25 heavy (non-hydrogen) atoms. The Bertz CT molecular complexity index is 757. The molecular weight excluding hydrogens is 316 g/mol. The van der Waals surface area contributed by atoms with Gasteiger partial charge in [0.15, 0.2) is 0 Å². The van der Waals surface area contributed by atoms with Gasteiger partial charge in [0.25, 0.3) is 0 Å². The van der Waals surface area contributed by atoms with E-state index in [1.54, 1.807) is 6.20 Å². The first-order valence-corrected chi connectivity index (χ1v) is 8.94. The molecule has 1 fully saturated rings. The molecule has 1 atom stereocenters. The van der Waals surface area contributed by atoms with Gasteiger partial charge < -0.3 is 19.5 Å². The van der Waals surface area contributed by atoms with Crippen molar-refractivity contribution in [3.8, 4) is 0 Å². The molecule has 1 saturated heterocycles. The minimum absolute atomic E-state index is 0.110. The minimum Gasteiger partial charge on any atom is -0.377 e. The third-order valence-corrected chi connectivity index (χ3v) is 5.07. The van der Waals surface area contributed by atoms with E-state index in [0.717, 1.165) is 31.0 Å². The summed E-state index contributed by atoms with van der Waals surface area (Å²) in [5.74, 6) is 0.990. The lowest BCUT2D eigenvalue weighted by molar-refractivity contribution is -0.140. The summed E-state index contributed by atoms with van der Waals surface area (Å²) in [5.41, 5.74) is 3.65. The van der Waals surface area contributed by atoms with Crippen molar-refractivity contribution in [2.75, 3.05) is 37.7 Å². The van der Waals surface area contributed by atoms with Gasteiger partial charge in [-0.2, -0.15) is 0 Å². The van der Waals surface area contributed by atoms with Gasteiger partial charge in [-0.15, -0.1) is 0 Å². The van der Waals surface area contributed by atoms with E-state index in [1.807, 2.05) is 11.8 Å².